The summed E-state index contributed by atoms with van der Waals surface area (Å²) in [4.78, 5) is 13.2. The molecule has 10 heteroatoms. The number of nitrogens with zero attached hydrogens (tertiary/aromatic N) is 4. The first-order valence-corrected chi connectivity index (χ1v) is 11.5. The number of benzene rings is 2. The Morgan fingerprint density at radius 1 is 1.19 bits per heavy atom. The maximum atomic E-state index is 12.8. The zero-order chi connectivity index (χ0) is 22.6. The number of nitrogens with one attached hydrogen (secondary N) is 1. The number of aromatic nitrogens is 2. The molecule has 2 aromatic carbocycles. The first-order valence-electron chi connectivity index (χ1n) is 10.1. The number of nitrogens with two attached hydrogens (primary N) is 1. The molecule has 4 rings (SSSR count). The lowest BCUT2D eigenvalue weighted by atomic mass is 10.1. The molecule has 0 saturated carbocycles. The molecule has 0 spiro atoms. The second kappa shape index (κ2) is 9.43. The van der Waals surface area contributed by atoms with Crippen LogP contribution < -0.4 is 11.1 Å². The largest absolute Gasteiger partial charge is 0.404 e. The van der Waals surface area contributed by atoms with Crippen molar-refractivity contribution in [1.82, 2.24) is 14.3 Å². The van der Waals surface area contributed by atoms with Crippen LogP contribution in [0.5, 0.6) is 0 Å². The van der Waals surface area contributed by atoms with E-state index in [1.54, 1.807) is 43.7 Å². The molecular weight excluding hydrogens is 428 g/mol. The average molecular weight is 453 g/mol. The van der Waals surface area contributed by atoms with Gasteiger partial charge in [0.05, 0.1) is 23.6 Å². The van der Waals surface area contributed by atoms with Crippen LogP contribution in [0.3, 0.4) is 0 Å². The number of sulfonamides is 1. The molecule has 1 aromatic heterocycles. The predicted octanol–water partition coefficient (Wildman–Crippen LogP) is 2.39. The summed E-state index contributed by atoms with van der Waals surface area (Å²) in [5, 5.41) is 4.01. The van der Waals surface area contributed by atoms with Crippen LogP contribution in [0, 0.1) is 0 Å². The Kier molecular flexibility index (Phi) is 6.45. The second-order valence-corrected chi connectivity index (χ2v) is 9.08. The first kappa shape index (κ1) is 21.9. The fourth-order valence-electron chi connectivity index (χ4n) is 3.39. The van der Waals surface area contributed by atoms with E-state index in [0.717, 1.165) is 22.0 Å². The molecule has 0 radical (unpaired) electrons. The smallest absolute Gasteiger partial charge is 0.243 e. The number of allylic oxidation sites excluding steroid dienone is 1. The molecule has 1 aliphatic rings. The number of anilines is 2. The first-order chi connectivity index (χ1) is 15.5. The normalized spacial score (nSPS) is 16.0. The van der Waals surface area contributed by atoms with Gasteiger partial charge in [-0.25, -0.2) is 18.4 Å². The zero-order valence-corrected chi connectivity index (χ0v) is 18.4. The minimum absolute atomic E-state index is 0.243. The number of morpholine rings is 1. The van der Waals surface area contributed by atoms with E-state index in [-0.39, 0.29) is 4.90 Å². The fourth-order valence-corrected chi connectivity index (χ4v) is 4.80. The van der Waals surface area contributed by atoms with E-state index in [4.69, 9.17) is 10.5 Å². The van der Waals surface area contributed by atoms with Gasteiger partial charge in [0, 0.05) is 55.4 Å². The fraction of sp³-hybridized carbons (Fsp3) is 0.227. The standard InChI is InChI=1S/C22H24N6O3S/c1-24-14-18(13-23)16-2-3-17-15-25-22(27-21(17)12-16)26-19-4-6-20(7-5-19)32(29,30)28-8-10-31-11-9-28/h2-7,12-15H,8-11,23H2,1H3,(H,25,26,27). The van der Waals surface area contributed by atoms with E-state index in [1.165, 1.54) is 10.5 Å². The highest BCUT2D eigenvalue weighted by Crippen LogP contribution is 2.23. The number of rotatable bonds is 6. The van der Waals surface area contributed by atoms with Crippen molar-refractivity contribution in [2.45, 2.75) is 4.90 Å². The van der Waals surface area contributed by atoms with Gasteiger partial charge < -0.3 is 15.8 Å². The van der Waals surface area contributed by atoms with Gasteiger partial charge in [0.1, 0.15) is 0 Å². The molecule has 32 heavy (non-hydrogen) atoms. The lowest BCUT2D eigenvalue weighted by molar-refractivity contribution is 0.0730. The lowest BCUT2D eigenvalue weighted by Crippen LogP contribution is -2.40. The van der Waals surface area contributed by atoms with Crippen molar-refractivity contribution < 1.29 is 13.2 Å². The SMILES string of the molecule is CN=CC(=CN)c1ccc2cnc(Nc3ccc(S(=O)(=O)N4CCOCC4)cc3)nc2c1. The summed E-state index contributed by atoms with van der Waals surface area (Å²) < 4.78 is 32.2. The number of hydrogen-bond donors (Lipinski definition) is 2. The molecule has 0 atom stereocenters. The van der Waals surface area contributed by atoms with Crippen LogP contribution in [-0.4, -0.2) is 62.3 Å². The molecule has 1 saturated heterocycles. The Bertz CT molecular complexity index is 1270. The number of hydrogen-bond acceptors (Lipinski definition) is 8. The zero-order valence-electron chi connectivity index (χ0n) is 17.6. The van der Waals surface area contributed by atoms with Crippen LogP contribution in [-0.2, 0) is 14.8 Å². The predicted molar refractivity (Wildman–Crippen MR) is 125 cm³/mol. The van der Waals surface area contributed by atoms with Gasteiger partial charge in [-0.3, -0.25) is 4.99 Å². The van der Waals surface area contributed by atoms with E-state index in [2.05, 4.69) is 20.3 Å². The molecule has 0 aliphatic carbocycles. The minimum atomic E-state index is -3.53. The summed E-state index contributed by atoms with van der Waals surface area (Å²) in [6.07, 6.45) is 4.92. The van der Waals surface area contributed by atoms with E-state index in [9.17, 15) is 8.42 Å². The van der Waals surface area contributed by atoms with E-state index in [1.807, 2.05) is 18.2 Å². The van der Waals surface area contributed by atoms with Gasteiger partial charge in [-0.2, -0.15) is 4.31 Å². The topological polar surface area (TPSA) is 123 Å². The summed E-state index contributed by atoms with van der Waals surface area (Å²) >= 11 is 0. The van der Waals surface area contributed by atoms with Crippen LogP contribution in [0.25, 0.3) is 16.5 Å². The third-order valence-corrected chi connectivity index (χ3v) is 6.99. The molecule has 3 aromatic rings. The van der Waals surface area contributed by atoms with Gasteiger partial charge >= 0.3 is 0 Å². The van der Waals surface area contributed by atoms with Crippen LogP contribution in [0.15, 0.2) is 64.7 Å². The monoisotopic (exact) mass is 452 g/mol. The Labute approximate surface area is 186 Å². The van der Waals surface area contributed by atoms with Gasteiger partial charge in [0.2, 0.25) is 16.0 Å². The van der Waals surface area contributed by atoms with Crippen molar-refractivity contribution in [3.63, 3.8) is 0 Å². The highest BCUT2D eigenvalue weighted by molar-refractivity contribution is 7.89. The van der Waals surface area contributed by atoms with E-state index >= 15 is 0 Å². The Balaban J connectivity index is 1.55. The van der Waals surface area contributed by atoms with Crippen molar-refractivity contribution >= 4 is 44.3 Å². The number of ether oxygens (including phenoxy) is 1. The quantitative estimate of drug-likeness (QED) is 0.551. The van der Waals surface area contributed by atoms with Crippen molar-refractivity contribution in [2.24, 2.45) is 10.7 Å². The Hall–Kier alpha value is -3.34. The van der Waals surface area contributed by atoms with Crippen LogP contribution >= 0.6 is 0 Å². The van der Waals surface area contributed by atoms with E-state index < -0.39 is 10.0 Å². The molecule has 9 nitrogen and oxygen atoms in total. The van der Waals surface area contributed by atoms with Crippen molar-refractivity contribution in [2.75, 3.05) is 38.7 Å². The third kappa shape index (κ3) is 4.62. The Morgan fingerprint density at radius 3 is 2.62 bits per heavy atom. The van der Waals surface area contributed by atoms with Crippen molar-refractivity contribution in [3.05, 3.63) is 60.4 Å². The summed E-state index contributed by atoms with van der Waals surface area (Å²) in [6, 6.07) is 12.3. The molecule has 1 fully saturated rings. The van der Waals surface area contributed by atoms with Crippen molar-refractivity contribution in [3.8, 4) is 0 Å². The maximum Gasteiger partial charge on any atom is 0.243 e. The number of aliphatic imine (C=N–C) groups is 1. The molecular formula is C22H24N6O3S. The molecule has 2 heterocycles. The van der Waals surface area contributed by atoms with Gasteiger partial charge in [-0.15, -0.1) is 0 Å². The van der Waals surface area contributed by atoms with Crippen LogP contribution in [0.1, 0.15) is 5.56 Å². The van der Waals surface area contributed by atoms with Gasteiger partial charge in [0.25, 0.3) is 0 Å². The summed E-state index contributed by atoms with van der Waals surface area (Å²) in [5.41, 5.74) is 8.82. The van der Waals surface area contributed by atoms with Gasteiger partial charge in [-0.05, 0) is 35.9 Å². The van der Waals surface area contributed by atoms with Crippen molar-refractivity contribution in [1.29, 1.82) is 0 Å². The maximum absolute atomic E-state index is 12.8. The third-order valence-electron chi connectivity index (χ3n) is 5.08. The molecule has 0 amide bonds. The average Bonchev–Trinajstić information content (AvgIpc) is 2.83. The van der Waals surface area contributed by atoms with E-state index in [0.29, 0.717) is 37.9 Å². The minimum Gasteiger partial charge on any atom is -0.404 e. The van der Waals surface area contributed by atoms with Crippen LogP contribution in [0.2, 0.25) is 0 Å². The highest BCUT2D eigenvalue weighted by Gasteiger charge is 2.26. The summed E-state index contributed by atoms with van der Waals surface area (Å²) in [7, 11) is -1.85. The molecule has 3 N–H and O–H groups in total. The summed E-state index contributed by atoms with van der Waals surface area (Å²) in [6.45, 7) is 1.54. The summed E-state index contributed by atoms with van der Waals surface area (Å²) in [5.74, 6) is 0.404. The van der Waals surface area contributed by atoms with Gasteiger partial charge in [-0.1, -0.05) is 12.1 Å². The number of fused-ring (bicyclic) bond motifs is 1. The molecule has 0 unspecified atom stereocenters. The molecule has 0 bridgehead atoms. The van der Waals surface area contributed by atoms with Gasteiger partial charge in [0.15, 0.2) is 0 Å². The molecule has 166 valence electrons. The highest BCUT2D eigenvalue weighted by atomic mass is 32.2. The van der Waals surface area contributed by atoms with Crippen LogP contribution in [0.4, 0.5) is 11.6 Å². The lowest BCUT2D eigenvalue weighted by Gasteiger charge is -2.26. The second-order valence-electron chi connectivity index (χ2n) is 7.14. The molecule has 1 aliphatic heterocycles. The Morgan fingerprint density at radius 2 is 1.94 bits per heavy atom.